The second-order valence-corrected chi connectivity index (χ2v) is 29.2. The first-order valence-corrected chi connectivity index (χ1v) is 33.0. The topological polar surface area (TPSA) is 107 Å². The number of hydrogen-bond acceptors (Lipinski definition) is 12. The van der Waals surface area contributed by atoms with Gasteiger partial charge in [0, 0.05) is 46.9 Å². The highest BCUT2D eigenvalue weighted by Crippen LogP contribution is 2.45. The number of hydrogen-bond donors (Lipinski definition) is 0. The van der Waals surface area contributed by atoms with E-state index in [4.69, 9.17) is 47.9 Å². The van der Waals surface area contributed by atoms with Crippen LogP contribution in [0.1, 0.15) is 83.1 Å². The lowest BCUT2D eigenvalue weighted by atomic mass is 9.49. The molecule has 0 unspecified atom stereocenters. The molecule has 0 aliphatic carbocycles. The van der Waals surface area contributed by atoms with Crippen molar-refractivity contribution in [1.29, 1.82) is 0 Å². The number of rotatable bonds is 8. The Kier molecular flexibility index (Phi) is 16.3. The summed E-state index contributed by atoms with van der Waals surface area (Å²) < 4.78 is 42.2. The zero-order valence-corrected chi connectivity index (χ0v) is 56.0. The lowest BCUT2D eigenvalue weighted by molar-refractivity contribution is 0.00578. The quantitative estimate of drug-likeness (QED) is 0.137. The predicted molar refractivity (Wildman–Crippen MR) is 378 cm³/mol. The highest BCUT2D eigenvalue weighted by Gasteiger charge is 2.64. The van der Waals surface area contributed by atoms with Crippen LogP contribution in [0.15, 0.2) is 211 Å². The van der Waals surface area contributed by atoms with Crippen LogP contribution >= 0.6 is 38.6 Å². The first-order valence-electron chi connectivity index (χ1n) is 30.6. The molecular weight excluding hydrogens is 1220 g/mol. The summed E-state index contributed by atoms with van der Waals surface area (Å²) in [6, 6.07) is 71.6. The molecule has 15 rings (SSSR count). The second kappa shape index (κ2) is 23.8. The van der Waals surface area contributed by atoms with Crippen LogP contribution in [0.25, 0.3) is 108 Å². The molecule has 450 valence electrons. The van der Waals surface area contributed by atoms with E-state index >= 15 is 0 Å². The van der Waals surface area contributed by atoms with Gasteiger partial charge in [-0.3, -0.25) is 0 Å². The van der Waals surface area contributed by atoms with Crippen molar-refractivity contribution in [2.45, 2.75) is 117 Å². The Morgan fingerprint density at radius 1 is 0.322 bits per heavy atom. The van der Waals surface area contributed by atoms with Gasteiger partial charge in [-0.2, -0.15) is 0 Å². The molecule has 0 spiro atoms. The van der Waals surface area contributed by atoms with E-state index in [2.05, 4.69) is 213 Å². The molecule has 16 heteroatoms. The maximum absolute atomic E-state index is 6.34. The maximum atomic E-state index is 6.34. The summed E-state index contributed by atoms with van der Waals surface area (Å²) in [5.41, 5.74) is 11.5. The summed E-state index contributed by atoms with van der Waals surface area (Å²) in [5, 5.41) is 2.32. The molecule has 12 aromatic rings. The van der Waals surface area contributed by atoms with E-state index in [1.54, 1.807) is 22.7 Å². The second-order valence-electron chi connectivity index (χ2n) is 26.2. The van der Waals surface area contributed by atoms with E-state index in [0.29, 0.717) is 5.82 Å². The van der Waals surface area contributed by atoms with Crippen molar-refractivity contribution in [3.8, 4) is 67.5 Å². The third-order valence-corrected chi connectivity index (χ3v) is 21.3. The van der Waals surface area contributed by atoms with Gasteiger partial charge in [0.1, 0.15) is 0 Å². The minimum absolute atomic E-state index is 0.360. The molecule has 0 bridgehead atoms. The highest BCUT2D eigenvalue weighted by molar-refractivity contribution is 9.10. The van der Waals surface area contributed by atoms with Gasteiger partial charge in [0.05, 0.1) is 65.4 Å². The summed E-state index contributed by atoms with van der Waals surface area (Å²) in [5.74, 6) is 1.43. The molecule has 0 atom stereocenters. The number of fused-ring (bicyclic) bond motifs is 6. The minimum atomic E-state index is -0.476. The smallest absolute Gasteiger partial charge is 0.405 e. The standard InChI is InChI=1S/C34H29BN2O2S.C28H17BrN2S.C12H24B2O4/c1-33(2)34(3,4)39-35(38-33)26-14-10-13-25(21-26)32-36-29(31-30(37-32)27-15-8-9-16-28(27)40-31)24-19-17-23(18-20-24)22-11-6-5-7-12-22;29-22-10-6-9-21(17-22)28-30-25(27-26(31-28)23-11-4-5-12-24(23)32-27)20-15-13-19(14-16-20)18-7-2-1-3-8-18;1-9(2)10(3,4)16-13(15-9)14-17-11(5,6)12(7,8)18-14/h5-21H,1-4H3;1-17H;1-8H3. The van der Waals surface area contributed by atoms with Gasteiger partial charge in [-0.1, -0.05) is 198 Å². The summed E-state index contributed by atoms with van der Waals surface area (Å²) >= 11 is 7.08. The summed E-state index contributed by atoms with van der Waals surface area (Å²) in [6.45, 7) is 24.5. The van der Waals surface area contributed by atoms with Crippen LogP contribution < -0.4 is 5.46 Å². The Morgan fingerprint density at radius 3 is 1.07 bits per heavy atom. The number of halogens is 1. The Hall–Kier alpha value is -7.21. The van der Waals surface area contributed by atoms with Gasteiger partial charge in [0.15, 0.2) is 11.6 Å². The average molecular weight is 1290 g/mol. The van der Waals surface area contributed by atoms with Crippen molar-refractivity contribution >= 4 is 106 Å². The molecule has 0 saturated carbocycles. The van der Waals surface area contributed by atoms with E-state index in [0.717, 1.165) is 75.2 Å². The molecule has 0 N–H and O–H groups in total. The highest BCUT2D eigenvalue weighted by atomic mass is 79.9. The van der Waals surface area contributed by atoms with Gasteiger partial charge < -0.3 is 27.9 Å². The summed E-state index contributed by atoms with van der Waals surface area (Å²) in [4.78, 5) is 20.4. The Morgan fingerprint density at radius 2 is 0.656 bits per heavy atom. The molecular formula is C74H70B3BrN4O6S2. The summed E-state index contributed by atoms with van der Waals surface area (Å²) in [7, 11) is -1.40. The molecule has 3 aliphatic heterocycles. The van der Waals surface area contributed by atoms with Crippen LogP contribution in [0.5, 0.6) is 0 Å². The van der Waals surface area contributed by atoms with E-state index in [1.165, 1.54) is 37.0 Å². The maximum Gasteiger partial charge on any atom is 0.494 e. The molecule has 3 saturated heterocycles. The Balaban J connectivity index is 0.000000133. The lowest BCUT2D eigenvalue weighted by Crippen LogP contribution is -2.41. The molecule has 7 heterocycles. The fourth-order valence-electron chi connectivity index (χ4n) is 11.2. The van der Waals surface area contributed by atoms with E-state index < -0.39 is 32.3 Å². The van der Waals surface area contributed by atoms with Gasteiger partial charge in [0.2, 0.25) is 0 Å². The van der Waals surface area contributed by atoms with Crippen LogP contribution in [-0.4, -0.2) is 74.7 Å². The molecule has 8 aromatic carbocycles. The first kappa shape index (κ1) is 61.6. The lowest BCUT2D eigenvalue weighted by Gasteiger charge is -2.32. The zero-order chi connectivity index (χ0) is 63.0. The van der Waals surface area contributed by atoms with Crippen molar-refractivity contribution in [3.05, 3.63) is 211 Å². The van der Waals surface area contributed by atoms with Gasteiger partial charge in [-0.25, -0.2) is 19.9 Å². The number of aromatic nitrogens is 4. The third-order valence-electron chi connectivity index (χ3n) is 18.5. The van der Waals surface area contributed by atoms with E-state index in [1.807, 2.05) is 91.8 Å². The Bertz CT molecular complexity index is 4540. The SMILES string of the molecule is Brc1cccc(-c2nc(-c3ccc(-c4ccccc4)cc3)c3sc4ccccc4c3n2)c1.CC1(C)OB(B2OC(C)(C)C(C)(C)O2)OC1(C)C.CC1(C)OB(c2cccc(-c3nc(-c4ccc(-c5ccccc5)cc4)c4sc5ccccc5c4n3)c2)OC1(C)C. The fourth-order valence-corrected chi connectivity index (χ4v) is 13.9. The molecule has 3 aliphatic rings. The van der Waals surface area contributed by atoms with Crippen LogP contribution in [-0.2, 0) is 27.9 Å². The fraction of sp³-hybridized carbons (Fsp3) is 0.243. The van der Waals surface area contributed by atoms with E-state index in [9.17, 15) is 0 Å². The number of nitrogens with zero attached hydrogens (tertiary/aromatic N) is 4. The van der Waals surface area contributed by atoms with Gasteiger partial charge >= 0.3 is 21.1 Å². The number of benzene rings is 8. The van der Waals surface area contributed by atoms with Crippen LogP contribution in [0, 0.1) is 0 Å². The molecule has 10 nitrogen and oxygen atoms in total. The number of thiophene rings is 2. The normalized spacial score (nSPS) is 17.6. The van der Waals surface area contributed by atoms with Crippen LogP contribution in [0.2, 0.25) is 0 Å². The monoisotopic (exact) mass is 1290 g/mol. The third kappa shape index (κ3) is 11.9. The van der Waals surface area contributed by atoms with Crippen molar-refractivity contribution in [1.82, 2.24) is 19.9 Å². The zero-order valence-electron chi connectivity index (χ0n) is 52.8. The Labute approximate surface area is 544 Å². The van der Waals surface area contributed by atoms with Crippen LogP contribution in [0.4, 0.5) is 0 Å². The van der Waals surface area contributed by atoms with Crippen molar-refractivity contribution < 1.29 is 27.9 Å². The predicted octanol–water partition coefficient (Wildman–Crippen LogP) is 19.0. The van der Waals surface area contributed by atoms with Crippen molar-refractivity contribution in [3.63, 3.8) is 0 Å². The van der Waals surface area contributed by atoms with Crippen molar-refractivity contribution in [2.75, 3.05) is 0 Å². The molecule has 4 aromatic heterocycles. The van der Waals surface area contributed by atoms with Gasteiger partial charge in [0.25, 0.3) is 0 Å². The van der Waals surface area contributed by atoms with E-state index in [-0.39, 0.29) is 22.4 Å². The molecule has 0 radical (unpaired) electrons. The van der Waals surface area contributed by atoms with Gasteiger partial charge in [-0.15, -0.1) is 22.7 Å². The average Bonchev–Trinajstić information content (AvgIpc) is 1.59. The first-order chi connectivity index (χ1) is 42.9. The molecule has 90 heavy (non-hydrogen) atoms. The van der Waals surface area contributed by atoms with Crippen molar-refractivity contribution in [2.24, 2.45) is 0 Å². The molecule has 3 fully saturated rings. The summed E-state index contributed by atoms with van der Waals surface area (Å²) in [6.07, 6.45) is 0. The minimum Gasteiger partial charge on any atom is -0.405 e. The van der Waals surface area contributed by atoms with Crippen LogP contribution in [0.3, 0.4) is 0 Å². The van der Waals surface area contributed by atoms with Gasteiger partial charge in [-0.05, 0) is 135 Å². The largest absolute Gasteiger partial charge is 0.494 e. The molecule has 0 amide bonds.